The third-order valence-electron chi connectivity index (χ3n) is 5.60. The summed E-state index contributed by atoms with van der Waals surface area (Å²) in [4.78, 5) is 23.9. The van der Waals surface area contributed by atoms with Crippen LogP contribution in [-0.4, -0.2) is 24.0 Å². The highest BCUT2D eigenvalue weighted by molar-refractivity contribution is 6.09. The first-order valence-corrected chi connectivity index (χ1v) is 11.5. The Kier molecular flexibility index (Phi) is 7.11. The van der Waals surface area contributed by atoms with E-state index in [0.29, 0.717) is 41.7 Å². The number of anilines is 1. The van der Waals surface area contributed by atoms with Crippen molar-refractivity contribution >= 4 is 23.4 Å². The Balaban J connectivity index is 1.54. The maximum Gasteiger partial charge on any atom is 0.312 e. The lowest BCUT2D eigenvalue weighted by molar-refractivity contribution is -0.385. The summed E-state index contributed by atoms with van der Waals surface area (Å²) in [5.41, 5.74) is 1.27. The summed E-state index contributed by atoms with van der Waals surface area (Å²) in [7, 11) is 0. The van der Waals surface area contributed by atoms with E-state index in [1.54, 1.807) is 36.4 Å². The second kappa shape index (κ2) is 10.4. The number of nitro benzene ring substituents is 1. The van der Waals surface area contributed by atoms with E-state index in [-0.39, 0.29) is 22.4 Å². The van der Waals surface area contributed by atoms with Gasteiger partial charge in [-0.15, -0.1) is 0 Å². The standard InChI is InChI=1S/C28H25N3O6/c1-28(2,3)20-5-8-22(9-6-20)37-24-10-4-18(15-23(24)31(33)34)14-19(17-29)27(32)30-21-7-11-25-26(16-21)36-13-12-35-25/h4-11,14-16H,12-13H2,1-3H3,(H,30,32)/b19-14+. The lowest BCUT2D eigenvalue weighted by Crippen LogP contribution is -2.17. The molecule has 1 aliphatic rings. The Morgan fingerprint density at radius 2 is 1.76 bits per heavy atom. The first-order chi connectivity index (χ1) is 17.6. The molecule has 0 saturated carbocycles. The fourth-order valence-corrected chi connectivity index (χ4v) is 3.64. The molecular formula is C28H25N3O6. The van der Waals surface area contributed by atoms with Gasteiger partial charge in [-0.2, -0.15) is 5.26 Å². The van der Waals surface area contributed by atoms with Gasteiger partial charge in [-0.05, 0) is 52.9 Å². The highest BCUT2D eigenvalue weighted by Gasteiger charge is 2.19. The fraction of sp³-hybridized carbons (Fsp3) is 0.214. The number of benzene rings is 3. The SMILES string of the molecule is CC(C)(C)c1ccc(Oc2ccc(/C=C(\C#N)C(=O)Nc3ccc4c(c3)OCCO4)cc2[N+](=O)[O-])cc1. The minimum Gasteiger partial charge on any atom is -0.486 e. The minimum absolute atomic E-state index is 0.0364. The molecule has 0 aliphatic carbocycles. The predicted octanol–water partition coefficient (Wildman–Crippen LogP) is 6.00. The van der Waals surface area contributed by atoms with Gasteiger partial charge in [-0.1, -0.05) is 39.0 Å². The summed E-state index contributed by atoms with van der Waals surface area (Å²) in [6.45, 7) is 7.11. The van der Waals surface area contributed by atoms with Gasteiger partial charge in [0.1, 0.15) is 30.6 Å². The predicted molar refractivity (Wildman–Crippen MR) is 138 cm³/mol. The summed E-state index contributed by atoms with van der Waals surface area (Å²) in [5.74, 6) is 0.896. The van der Waals surface area contributed by atoms with Gasteiger partial charge in [0.2, 0.25) is 5.75 Å². The van der Waals surface area contributed by atoms with Crippen molar-refractivity contribution in [3.05, 3.63) is 87.5 Å². The van der Waals surface area contributed by atoms with Crippen molar-refractivity contribution in [2.45, 2.75) is 26.2 Å². The van der Waals surface area contributed by atoms with Crippen molar-refractivity contribution in [1.29, 1.82) is 5.26 Å². The van der Waals surface area contributed by atoms with Crippen molar-refractivity contribution in [2.75, 3.05) is 18.5 Å². The van der Waals surface area contributed by atoms with Crippen LogP contribution < -0.4 is 19.5 Å². The molecule has 0 saturated heterocycles. The molecule has 0 unspecified atom stereocenters. The normalized spacial score (nSPS) is 12.9. The van der Waals surface area contributed by atoms with Gasteiger partial charge in [-0.3, -0.25) is 14.9 Å². The monoisotopic (exact) mass is 499 g/mol. The smallest absolute Gasteiger partial charge is 0.312 e. The summed E-state index contributed by atoms with van der Waals surface area (Å²) >= 11 is 0. The van der Waals surface area contributed by atoms with Crippen LogP contribution in [0.5, 0.6) is 23.0 Å². The molecule has 4 rings (SSSR count). The van der Waals surface area contributed by atoms with Gasteiger partial charge >= 0.3 is 5.69 Å². The molecule has 0 fully saturated rings. The van der Waals surface area contributed by atoms with Crippen molar-refractivity contribution in [3.8, 4) is 29.1 Å². The molecule has 9 heteroatoms. The van der Waals surface area contributed by atoms with Gasteiger partial charge in [0.25, 0.3) is 5.91 Å². The topological polar surface area (TPSA) is 124 Å². The molecule has 0 atom stereocenters. The van der Waals surface area contributed by atoms with E-state index < -0.39 is 10.8 Å². The minimum atomic E-state index is -0.666. The van der Waals surface area contributed by atoms with Gasteiger partial charge in [-0.25, -0.2) is 0 Å². The van der Waals surface area contributed by atoms with Crippen LogP contribution in [0.15, 0.2) is 66.2 Å². The average Bonchev–Trinajstić information content (AvgIpc) is 2.87. The largest absolute Gasteiger partial charge is 0.486 e. The number of amides is 1. The Morgan fingerprint density at radius 3 is 2.41 bits per heavy atom. The van der Waals surface area contributed by atoms with Crippen LogP contribution in [-0.2, 0) is 10.2 Å². The number of fused-ring (bicyclic) bond motifs is 1. The highest BCUT2D eigenvalue weighted by atomic mass is 16.6. The highest BCUT2D eigenvalue weighted by Crippen LogP contribution is 2.35. The van der Waals surface area contributed by atoms with E-state index in [2.05, 4.69) is 26.1 Å². The van der Waals surface area contributed by atoms with E-state index in [1.807, 2.05) is 18.2 Å². The Bertz CT molecular complexity index is 1420. The van der Waals surface area contributed by atoms with Crippen LogP contribution >= 0.6 is 0 Å². The molecule has 3 aromatic carbocycles. The second-order valence-corrected chi connectivity index (χ2v) is 9.34. The molecule has 188 valence electrons. The number of nitrogens with one attached hydrogen (secondary N) is 1. The number of nitriles is 1. The molecule has 0 bridgehead atoms. The maximum atomic E-state index is 12.7. The van der Waals surface area contributed by atoms with Crippen LogP contribution in [0.2, 0.25) is 0 Å². The molecule has 1 amide bonds. The molecule has 0 spiro atoms. The summed E-state index contributed by atoms with van der Waals surface area (Å²) in [5, 5.41) is 23.9. The first kappa shape index (κ1) is 25.3. The zero-order valence-electron chi connectivity index (χ0n) is 20.6. The van der Waals surface area contributed by atoms with Crippen LogP contribution in [0.25, 0.3) is 6.08 Å². The molecule has 0 aromatic heterocycles. The second-order valence-electron chi connectivity index (χ2n) is 9.34. The third-order valence-corrected chi connectivity index (χ3v) is 5.60. The Morgan fingerprint density at radius 1 is 1.05 bits per heavy atom. The number of hydrogen-bond donors (Lipinski definition) is 1. The van der Waals surface area contributed by atoms with Crippen molar-refractivity contribution in [2.24, 2.45) is 0 Å². The van der Waals surface area contributed by atoms with E-state index in [1.165, 1.54) is 18.2 Å². The van der Waals surface area contributed by atoms with Crippen molar-refractivity contribution in [1.82, 2.24) is 0 Å². The lowest BCUT2D eigenvalue weighted by atomic mass is 9.87. The van der Waals surface area contributed by atoms with Crippen molar-refractivity contribution < 1.29 is 23.9 Å². The molecule has 37 heavy (non-hydrogen) atoms. The number of carbonyl (C=O) groups is 1. The fourth-order valence-electron chi connectivity index (χ4n) is 3.64. The van der Waals surface area contributed by atoms with Crippen LogP contribution in [0.1, 0.15) is 31.9 Å². The zero-order chi connectivity index (χ0) is 26.6. The number of rotatable bonds is 6. The number of hydrogen-bond acceptors (Lipinski definition) is 7. The summed E-state index contributed by atoms with van der Waals surface area (Å²) < 4.78 is 16.7. The van der Waals surface area contributed by atoms with Gasteiger partial charge < -0.3 is 19.5 Å². The molecule has 1 aliphatic heterocycles. The molecule has 1 heterocycles. The number of ether oxygens (including phenoxy) is 3. The lowest BCUT2D eigenvalue weighted by Gasteiger charge is -2.19. The van der Waals surface area contributed by atoms with E-state index in [0.717, 1.165) is 5.56 Å². The summed E-state index contributed by atoms with van der Waals surface area (Å²) in [6, 6.07) is 18.3. The number of nitro groups is 1. The van der Waals surface area contributed by atoms with Crippen LogP contribution in [0.4, 0.5) is 11.4 Å². The quantitative estimate of drug-likeness (QED) is 0.191. The molecule has 1 N–H and O–H groups in total. The van der Waals surface area contributed by atoms with Gasteiger partial charge in [0.05, 0.1) is 4.92 Å². The Labute approximate surface area is 214 Å². The van der Waals surface area contributed by atoms with Crippen molar-refractivity contribution in [3.63, 3.8) is 0 Å². The number of nitrogens with zero attached hydrogens (tertiary/aromatic N) is 2. The first-order valence-electron chi connectivity index (χ1n) is 11.5. The Hall–Kier alpha value is -4.84. The van der Waals surface area contributed by atoms with Gasteiger partial charge in [0, 0.05) is 17.8 Å². The van der Waals surface area contributed by atoms with E-state index in [9.17, 15) is 20.2 Å². The maximum absolute atomic E-state index is 12.7. The van der Waals surface area contributed by atoms with Gasteiger partial charge in [0.15, 0.2) is 11.5 Å². The average molecular weight is 500 g/mol. The van der Waals surface area contributed by atoms with Crippen LogP contribution in [0, 0.1) is 21.4 Å². The zero-order valence-corrected chi connectivity index (χ0v) is 20.6. The van der Waals surface area contributed by atoms with E-state index in [4.69, 9.17) is 14.2 Å². The van der Waals surface area contributed by atoms with Crippen LogP contribution in [0.3, 0.4) is 0 Å². The number of carbonyl (C=O) groups excluding carboxylic acids is 1. The molecular weight excluding hydrogens is 474 g/mol. The molecule has 9 nitrogen and oxygen atoms in total. The molecule has 3 aromatic rings. The third kappa shape index (κ3) is 6.05. The summed E-state index contributed by atoms with van der Waals surface area (Å²) in [6.07, 6.45) is 1.28. The van der Waals surface area contributed by atoms with E-state index >= 15 is 0 Å². The molecule has 0 radical (unpaired) electrons.